The number of carbonyl (C=O) groups excluding carboxylic acids is 2. The maximum Gasteiger partial charge on any atom is 0.242 e. The Balaban J connectivity index is 4.09. The van der Waals surface area contributed by atoms with Crippen LogP contribution in [0.3, 0.4) is 0 Å². The summed E-state index contributed by atoms with van der Waals surface area (Å²) in [5, 5.41) is 16.0. The number of amidine groups is 1. The van der Waals surface area contributed by atoms with Gasteiger partial charge in [0.25, 0.3) is 0 Å². The fourth-order valence-electron chi connectivity index (χ4n) is 0.967. The van der Waals surface area contributed by atoms with Gasteiger partial charge in [-0.15, -0.1) is 0 Å². The molecule has 16 heavy (non-hydrogen) atoms. The van der Waals surface area contributed by atoms with Gasteiger partial charge < -0.3 is 21.6 Å². The molecule has 0 aromatic rings. The van der Waals surface area contributed by atoms with Gasteiger partial charge in [-0.05, 0) is 20.8 Å². The third-order valence-corrected chi connectivity index (χ3v) is 1.67. The molecule has 0 saturated heterocycles. The molecular weight excluding hydrogens is 212 g/mol. The number of nitrogens with zero attached hydrogens (tertiary/aromatic N) is 1. The minimum Gasteiger partial charge on any atom is -0.409 e. The summed E-state index contributed by atoms with van der Waals surface area (Å²) in [5.41, 5.74) is 5.15. The molecule has 0 fully saturated rings. The van der Waals surface area contributed by atoms with Gasteiger partial charge in [-0.1, -0.05) is 5.16 Å². The van der Waals surface area contributed by atoms with E-state index in [0.29, 0.717) is 0 Å². The summed E-state index contributed by atoms with van der Waals surface area (Å²) in [7, 11) is 0. The molecule has 7 nitrogen and oxygen atoms in total. The quantitative estimate of drug-likeness (QED) is 0.213. The molecule has 0 spiro atoms. The minimum absolute atomic E-state index is 0.0101. The van der Waals surface area contributed by atoms with Gasteiger partial charge in [0, 0.05) is 6.04 Å². The van der Waals surface area contributed by atoms with Gasteiger partial charge in [0.15, 0.2) is 0 Å². The van der Waals surface area contributed by atoms with Crippen LogP contribution in [-0.4, -0.2) is 34.9 Å². The van der Waals surface area contributed by atoms with Crippen molar-refractivity contribution in [1.29, 1.82) is 0 Å². The molecule has 0 bridgehead atoms. The highest BCUT2D eigenvalue weighted by molar-refractivity contribution is 6.00. The van der Waals surface area contributed by atoms with Crippen molar-refractivity contribution in [2.24, 2.45) is 10.9 Å². The molecule has 0 aliphatic heterocycles. The van der Waals surface area contributed by atoms with Crippen LogP contribution < -0.4 is 16.4 Å². The smallest absolute Gasteiger partial charge is 0.242 e. The molecule has 1 atom stereocenters. The predicted octanol–water partition coefficient (Wildman–Crippen LogP) is -0.848. The van der Waals surface area contributed by atoms with E-state index in [0.717, 1.165) is 0 Å². The molecule has 0 rings (SSSR count). The zero-order valence-corrected chi connectivity index (χ0v) is 9.65. The van der Waals surface area contributed by atoms with Crippen molar-refractivity contribution in [2.45, 2.75) is 39.3 Å². The van der Waals surface area contributed by atoms with Gasteiger partial charge in [0.2, 0.25) is 11.8 Å². The molecule has 7 heteroatoms. The first-order valence-corrected chi connectivity index (χ1v) is 4.93. The Kier molecular flexibility index (Phi) is 5.91. The first kappa shape index (κ1) is 14.2. The van der Waals surface area contributed by atoms with E-state index in [9.17, 15) is 9.59 Å². The Morgan fingerprint density at radius 2 is 1.88 bits per heavy atom. The maximum absolute atomic E-state index is 11.4. The van der Waals surface area contributed by atoms with Crippen molar-refractivity contribution in [3.05, 3.63) is 0 Å². The van der Waals surface area contributed by atoms with Crippen molar-refractivity contribution in [3.8, 4) is 0 Å². The van der Waals surface area contributed by atoms with Crippen molar-refractivity contribution < 1.29 is 14.8 Å². The summed E-state index contributed by atoms with van der Waals surface area (Å²) in [6, 6.07) is -0.641. The monoisotopic (exact) mass is 230 g/mol. The van der Waals surface area contributed by atoms with E-state index >= 15 is 0 Å². The summed E-state index contributed by atoms with van der Waals surface area (Å²) in [4.78, 5) is 22.7. The van der Waals surface area contributed by atoms with E-state index in [4.69, 9.17) is 10.9 Å². The van der Waals surface area contributed by atoms with Crippen molar-refractivity contribution in [1.82, 2.24) is 10.6 Å². The van der Waals surface area contributed by atoms with Gasteiger partial charge in [-0.3, -0.25) is 9.59 Å². The fraction of sp³-hybridized carbons (Fsp3) is 0.667. The average molecular weight is 230 g/mol. The molecule has 2 amide bonds. The predicted molar refractivity (Wildman–Crippen MR) is 58.9 cm³/mol. The van der Waals surface area contributed by atoms with E-state index < -0.39 is 11.9 Å². The number of nitrogens with one attached hydrogen (secondary N) is 2. The number of hydrogen-bond donors (Lipinski definition) is 4. The zero-order chi connectivity index (χ0) is 12.7. The highest BCUT2D eigenvalue weighted by atomic mass is 16.4. The summed E-state index contributed by atoms with van der Waals surface area (Å²) >= 11 is 0. The van der Waals surface area contributed by atoms with Gasteiger partial charge in [0.05, 0.1) is 6.42 Å². The minimum atomic E-state index is -0.651. The Labute approximate surface area is 94.1 Å². The molecule has 1 unspecified atom stereocenters. The number of nitrogens with two attached hydrogens (primary N) is 1. The summed E-state index contributed by atoms with van der Waals surface area (Å²) in [6.07, 6.45) is -0.240. The maximum atomic E-state index is 11.4. The Hall–Kier alpha value is -1.79. The highest BCUT2D eigenvalue weighted by Gasteiger charge is 2.16. The van der Waals surface area contributed by atoms with Gasteiger partial charge in [0.1, 0.15) is 11.9 Å². The molecule has 0 aliphatic rings. The van der Waals surface area contributed by atoms with E-state index in [2.05, 4.69) is 15.8 Å². The number of amides is 2. The summed E-state index contributed by atoms with van der Waals surface area (Å²) in [5.74, 6) is -0.946. The third-order valence-electron chi connectivity index (χ3n) is 1.67. The zero-order valence-electron chi connectivity index (χ0n) is 9.65. The second kappa shape index (κ2) is 6.65. The first-order chi connectivity index (χ1) is 7.36. The van der Waals surface area contributed by atoms with Crippen LogP contribution in [0.4, 0.5) is 0 Å². The SMILES string of the molecule is CC(C)NC(=O)C(C)NC(=O)CC(N)=NO. The van der Waals surface area contributed by atoms with Crippen LogP contribution in [0.2, 0.25) is 0 Å². The molecular formula is C9H18N4O3. The molecule has 0 aromatic heterocycles. The number of rotatable bonds is 5. The molecule has 0 saturated carbocycles. The molecule has 0 radical (unpaired) electrons. The topological polar surface area (TPSA) is 117 Å². The second-order valence-corrected chi connectivity index (χ2v) is 3.72. The normalized spacial score (nSPS) is 13.4. The number of hydrogen-bond acceptors (Lipinski definition) is 4. The van der Waals surface area contributed by atoms with Crippen molar-refractivity contribution >= 4 is 17.6 Å². The first-order valence-electron chi connectivity index (χ1n) is 4.93. The third kappa shape index (κ3) is 5.84. The lowest BCUT2D eigenvalue weighted by atomic mass is 10.2. The number of carbonyl (C=O) groups is 2. The summed E-state index contributed by atoms with van der Waals surface area (Å²) in [6.45, 7) is 5.20. The van der Waals surface area contributed by atoms with Crippen LogP contribution in [0.25, 0.3) is 0 Å². The van der Waals surface area contributed by atoms with Crippen molar-refractivity contribution in [2.75, 3.05) is 0 Å². The van der Waals surface area contributed by atoms with E-state index in [1.807, 2.05) is 13.8 Å². The molecule has 0 heterocycles. The standard InChI is InChI=1S/C9H18N4O3/c1-5(2)11-9(15)6(3)12-8(14)4-7(10)13-16/h5-6,16H,4H2,1-3H3,(H2,10,13)(H,11,15)(H,12,14). The van der Waals surface area contributed by atoms with Gasteiger partial charge >= 0.3 is 0 Å². The lowest BCUT2D eigenvalue weighted by molar-refractivity contribution is -0.128. The molecule has 0 aromatic carbocycles. The Morgan fingerprint density at radius 1 is 1.31 bits per heavy atom. The van der Waals surface area contributed by atoms with E-state index in [1.54, 1.807) is 6.92 Å². The van der Waals surface area contributed by atoms with Crippen LogP contribution >= 0.6 is 0 Å². The largest absolute Gasteiger partial charge is 0.409 e. The fourth-order valence-corrected chi connectivity index (χ4v) is 0.967. The van der Waals surface area contributed by atoms with Gasteiger partial charge in [-0.25, -0.2) is 0 Å². The van der Waals surface area contributed by atoms with Gasteiger partial charge in [-0.2, -0.15) is 0 Å². The van der Waals surface area contributed by atoms with Crippen LogP contribution in [-0.2, 0) is 9.59 Å². The Morgan fingerprint density at radius 3 is 2.31 bits per heavy atom. The molecule has 0 aliphatic carbocycles. The summed E-state index contributed by atoms with van der Waals surface area (Å²) < 4.78 is 0. The van der Waals surface area contributed by atoms with Crippen LogP contribution in [0, 0.1) is 0 Å². The van der Waals surface area contributed by atoms with E-state index in [1.165, 1.54) is 0 Å². The van der Waals surface area contributed by atoms with Crippen LogP contribution in [0.15, 0.2) is 5.16 Å². The van der Waals surface area contributed by atoms with Crippen molar-refractivity contribution in [3.63, 3.8) is 0 Å². The van der Waals surface area contributed by atoms with Crippen LogP contribution in [0.5, 0.6) is 0 Å². The van der Waals surface area contributed by atoms with Crippen LogP contribution in [0.1, 0.15) is 27.2 Å². The molecule has 5 N–H and O–H groups in total. The average Bonchev–Trinajstić information content (AvgIpc) is 2.16. The lowest BCUT2D eigenvalue weighted by Gasteiger charge is -2.15. The molecule has 92 valence electrons. The highest BCUT2D eigenvalue weighted by Crippen LogP contribution is 1.88. The Bertz CT molecular complexity index is 288. The lowest BCUT2D eigenvalue weighted by Crippen LogP contribution is -2.47. The van der Waals surface area contributed by atoms with E-state index in [-0.39, 0.29) is 24.2 Å². The number of oxime groups is 1. The second-order valence-electron chi connectivity index (χ2n) is 3.72.